The summed E-state index contributed by atoms with van der Waals surface area (Å²) >= 11 is 0. The van der Waals surface area contributed by atoms with Crippen LogP contribution in [0.3, 0.4) is 0 Å². The Kier molecular flexibility index (Phi) is 4.37. The number of allylic oxidation sites excluding steroid dienone is 2. The van der Waals surface area contributed by atoms with E-state index in [1.54, 1.807) is 0 Å². The van der Waals surface area contributed by atoms with Crippen molar-refractivity contribution in [1.29, 1.82) is 0 Å². The van der Waals surface area contributed by atoms with Crippen LogP contribution in [0.1, 0.15) is 52.9 Å². The zero-order valence-corrected chi connectivity index (χ0v) is 10.3. The van der Waals surface area contributed by atoms with Crippen molar-refractivity contribution in [1.82, 2.24) is 0 Å². The van der Waals surface area contributed by atoms with Crippen molar-refractivity contribution in [3.05, 3.63) is 11.8 Å². The third-order valence-electron chi connectivity index (χ3n) is 2.81. The molecule has 86 valence electrons. The average Bonchev–Trinajstić information content (AvgIpc) is 2.17. The Morgan fingerprint density at radius 2 is 1.80 bits per heavy atom. The minimum atomic E-state index is 0.00332. The average molecular weight is 208 g/mol. The van der Waals surface area contributed by atoms with Crippen LogP contribution >= 0.6 is 0 Å². The summed E-state index contributed by atoms with van der Waals surface area (Å²) in [6.45, 7) is 6.27. The maximum atomic E-state index is 6.05. The van der Waals surface area contributed by atoms with Gasteiger partial charge < -0.3 is 5.73 Å². The van der Waals surface area contributed by atoms with Crippen LogP contribution in [0.25, 0.3) is 0 Å². The molecular weight excluding hydrogens is 184 g/mol. The van der Waals surface area contributed by atoms with Crippen LogP contribution in [0, 0.1) is 5.92 Å². The highest BCUT2D eigenvalue weighted by molar-refractivity contribution is 5.72. The monoisotopic (exact) mass is 208 g/mol. The molecule has 0 aliphatic heterocycles. The Bertz CT molecular complexity index is 240. The maximum Gasteiger partial charge on any atom is 0.0524 e. The van der Waals surface area contributed by atoms with Crippen molar-refractivity contribution in [2.24, 2.45) is 16.6 Å². The van der Waals surface area contributed by atoms with Crippen LogP contribution in [-0.2, 0) is 0 Å². The molecule has 0 atom stereocenters. The van der Waals surface area contributed by atoms with Crippen LogP contribution in [0.5, 0.6) is 0 Å². The molecule has 1 fully saturated rings. The molecule has 0 amide bonds. The predicted molar refractivity (Wildman–Crippen MR) is 67.1 cm³/mol. The van der Waals surface area contributed by atoms with E-state index < -0.39 is 0 Å². The number of nitrogens with two attached hydrogens (primary N) is 1. The first-order chi connectivity index (χ1) is 6.99. The lowest BCUT2D eigenvalue weighted by atomic mass is 9.87. The van der Waals surface area contributed by atoms with E-state index >= 15 is 0 Å². The van der Waals surface area contributed by atoms with Gasteiger partial charge in [-0.25, -0.2) is 0 Å². The first-order valence-corrected chi connectivity index (χ1v) is 6.00. The van der Waals surface area contributed by atoms with Gasteiger partial charge in [0.05, 0.1) is 5.54 Å². The highest BCUT2D eigenvalue weighted by Gasteiger charge is 2.14. The Morgan fingerprint density at radius 3 is 2.33 bits per heavy atom. The molecule has 0 aromatic heterocycles. The molecule has 0 heterocycles. The van der Waals surface area contributed by atoms with Gasteiger partial charge in [-0.1, -0.05) is 19.3 Å². The number of aliphatic imine (C=N–C) groups is 1. The molecule has 0 bridgehead atoms. The minimum absolute atomic E-state index is 0.00332. The fraction of sp³-hybridized carbons (Fsp3) is 0.769. The van der Waals surface area contributed by atoms with Crippen molar-refractivity contribution in [3.63, 3.8) is 0 Å². The molecule has 1 rings (SSSR count). The van der Waals surface area contributed by atoms with Gasteiger partial charge in [-0.05, 0) is 45.6 Å². The second-order valence-corrected chi connectivity index (χ2v) is 5.45. The maximum absolute atomic E-state index is 6.05. The van der Waals surface area contributed by atoms with E-state index in [1.165, 1.54) is 32.1 Å². The molecule has 2 nitrogen and oxygen atoms in total. The van der Waals surface area contributed by atoms with Crippen LogP contribution in [-0.4, -0.2) is 11.8 Å². The van der Waals surface area contributed by atoms with Crippen LogP contribution in [0.2, 0.25) is 0 Å². The lowest BCUT2D eigenvalue weighted by molar-refractivity contribution is 0.400. The fourth-order valence-electron chi connectivity index (χ4n) is 1.92. The van der Waals surface area contributed by atoms with Crippen LogP contribution in [0.15, 0.2) is 16.8 Å². The largest absolute Gasteiger partial charge is 0.402 e. The highest BCUT2D eigenvalue weighted by Crippen LogP contribution is 2.26. The standard InChI is InChI=1S/C13H24N2/c1-13(2,3)15-10-9-12(14)11-7-5-4-6-8-11/h9-11H,4-8,14H2,1-3H3/b12-9-,15-10?. The second kappa shape index (κ2) is 5.34. The second-order valence-electron chi connectivity index (χ2n) is 5.45. The Balaban J connectivity index is 2.47. The molecular formula is C13H24N2. The smallest absolute Gasteiger partial charge is 0.0524 e. The summed E-state index contributed by atoms with van der Waals surface area (Å²) in [6.07, 6.45) is 10.4. The molecule has 0 unspecified atom stereocenters. The zero-order valence-electron chi connectivity index (χ0n) is 10.3. The molecule has 0 saturated heterocycles. The van der Waals surface area contributed by atoms with Gasteiger partial charge in [-0.3, -0.25) is 4.99 Å². The summed E-state index contributed by atoms with van der Waals surface area (Å²) in [6, 6.07) is 0. The van der Waals surface area contributed by atoms with Gasteiger partial charge in [-0.2, -0.15) is 0 Å². The first-order valence-electron chi connectivity index (χ1n) is 6.00. The normalized spacial score (nSPS) is 21.1. The first kappa shape index (κ1) is 12.3. The molecule has 1 saturated carbocycles. The van der Waals surface area contributed by atoms with Gasteiger partial charge in [0, 0.05) is 11.9 Å². The summed E-state index contributed by atoms with van der Waals surface area (Å²) in [4.78, 5) is 4.41. The van der Waals surface area contributed by atoms with Crippen molar-refractivity contribution in [2.75, 3.05) is 0 Å². The van der Waals surface area contributed by atoms with E-state index in [-0.39, 0.29) is 5.54 Å². The van der Waals surface area contributed by atoms with Gasteiger partial charge in [0.2, 0.25) is 0 Å². The summed E-state index contributed by atoms with van der Waals surface area (Å²) in [5, 5.41) is 0. The van der Waals surface area contributed by atoms with Gasteiger partial charge >= 0.3 is 0 Å². The van der Waals surface area contributed by atoms with Crippen LogP contribution < -0.4 is 5.73 Å². The molecule has 0 aromatic rings. The van der Waals surface area contributed by atoms with Crippen molar-refractivity contribution < 1.29 is 0 Å². The Labute approximate surface area is 93.7 Å². The fourth-order valence-corrected chi connectivity index (χ4v) is 1.92. The summed E-state index contributed by atoms with van der Waals surface area (Å²) in [5.41, 5.74) is 7.07. The van der Waals surface area contributed by atoms with E-state index in [1.807, 2.05) is 12.3 Å². The van der Waals surface area contributed by atoms with Crippen molar-refractivity contribution >= 4 is 6.21 Å². The molecule has 1 aliphatic carbocycles. The quantitative estimate of drug-likeness (QED) is 0.695. The lowest BCUT2D eigenvalue weighted by Crippen LogP contribution is -2.16. The molecule has 0 aromatic carbocycles. The van der Waals surface area contributed by atoms with Gasteiger partial charge in [0.25, 0.3) is 0 Å². The Hall–Kier alpha value is -0.790. The lowest BCUT2D eigenvalue weighted by Gasteiger charge is -2.21. The number of rotatable bonds is 2. The molecule has 0 radical (unpaired) electrons. The predicted octanol–water partition coefficient (Wildman–Crippen LogP) is 3.28. The molecule has 1 aliphatic rings. The number of nitrogens with zero attached hydrogens (tertiary/aromatic N) is 1. The van der Waals surface area contributed by atoms with Gasteiger partial charge in [0.1, 0.15) is 0 Å². The SMILES string of the molecule is CC(C)(C)N=C/C=C(\N)C1CCCCC1. The molecule has 2 N–H and O–H groups in total. The third kappa shape index (κ3) is 5.01. The van der Waals surface area contributed by atoms with Gasteiger partial charge in [0.15, 0.2) is 0 Å². The van der Waals surface area contributed by atoms with Crippen molar-refractivity contribution in [2.45, 2.75) is 58.4 Å². The number of hydrogen-bond acceptors (Lipinski definition) is 2. The van der Waals surface area contributed by atoms with Crippen LogP contribution in [0.4, 0.5) is 0 Å². The summed E-state index contributed by atoms with van der Waals surface area (Å²) in [7, 11) is 0. The van der Waals surface area contributed by atoms with E-state index in [0.29, 0.717) is 5.92 Å². The van der Waals surface area contributed by atoms with E-state index in [9.17, 15) is 0 Å². The highest BCUT2D eigenvalue weighted by atomic mass is 14.8. The van der Waals surface area contributed by atoms with Crippen molar-refractivity contribution in [3.8, 4) is 0 Å². The van der Waals surface area contributed by atoms with Gasteiger partial charge in [-0.15, -0.1) is 0 Å². The van der Waals surface area contributed by atoms with E-state index in [2.05, 4.69) is 25.8 Å². The van der Waals surface area contributed by atoms with E-state index in [0.717, 1.165) is 5.70 Å². The molecule has 0 spiro atoms. The zero-order chi connectivity index (χ0) is 11.3. The summed E-state index contributed by atoms with van der Waals surface area (Å²) in [5.74, 6) is 0.602. The van der Waals surface area contributed by atoms with E-state index in [4.69, 9.17) is 5.73 Å². The molecule has 15 heavy (non-hydrogen) atoms. The number of hydrogen-bond donors (Lipinski definition) is 1. The summed E-state index contributed by atoms with van der Waals surface area (Å²) < 4.78 is 0. The third-order valence-corrected chi connectivity index (χ3v) is 2.81. The molecule has 2 heteroatoms. The Morgan fingerprint density at radius 1 is 1.20 bits per heavy atom. The minimum Gasteiger partial charge on any atom is -0.402 e. The topological polar surface area (TPSA) is 38.4 Å².